The number of carbonyl (C=O) groups excluding carboxylic acids is 1. The molecule has 0 spiro atoms. The lowest BCUT2D eigenvalue weighted by molar-refractivity contribution is -0.119. The first kappa shape index (κ1) is 25.4. The summed E-state index contributed by atoms with van der Waals surface area (Å²) in [5, 5.41) is 3.99. The summed E-state index contributed by atoms with van der Waals surface area (Å²) in [6.45, 7) is 1.99. The highest BCUT2D eigenvalue weighted by molar-refractivity contribution is 7.99. The number of carbonyl (C=O) groups is 1. The van der Waals surface area contributed by atoms with Crippen molar-refractivity contribution in [1.29, 1.82) is 0 Å². The van der Waals surface area contributed by atoms with Gasteiger partial charge in [0.1, 0.15) is 6.54 Å². The molecule has 0 atom stereocenters. The standard InChI is InChI=1S/C24H24Cl2N2O3S2/c1-18-3-13-23(14-4-18)33(30,31)28(21-9-5-19(25)6-10-21)17-24(29)27-15-2-16-32-22-11-7-20(26)8-12-22/h3-14H,2,15-17H2,1H3,(H,27,29). The number of aryl methyl sites for hydroxylation is 1. The van der Waals surface area contributed by atoms with Gasteiger partial charge in [0, 0.05) is 21.5 Å². The van der Waals surface area contributed by atoms with E-state index in [2.05, 4.69) is 5.32 Å². The highest BCUT2D eigenvalue weighted by atomic mass is 35.5. The molecule has 0 bridgehead atoms. The zero-order chi connectivity index (χ0) is 23.8. The lowest BCUT2D eigenvalue weighted by Gasteiger charge is -2.24. The number of hydrogen-bond donors (Lipinski definition) is 1. The Hall–Kier alpha value is -2.19. The van der Waals surface area contributed by atoms with Crippen LogP contribution in [0.1, 0.15) is 12.0 Å². The van der Waals surface area contributed by atoms with Crippen LogP contribution >= 0.6 is 35.0 Å². The van der Waals surface area contributed by atoms with Crippen LogP contribution in [-0.2, 0) is 14.8 Å². The van der Waals surface area contributed by atoms with Crippen LogP contribution in [0.15, 0.2) is 82.6 Å². The molecule has 0 aliphatic rings. The van der Waals surface area contributed by atoms with Crippen LogP contribution in [0.25, 0.3) is 0 Å². The second-order valence-corrected chi connectivity index (χ2v) is 11.2. The molecule has 3 aromatic rings. The van der Waals surface area contributed by atoms with Gasteiger partial charge in [-0.15, -0.1) is 11.8 Å². The predicted molar refractivity (Wildman–Crippen MR) is 137 cm³/mol. The molecule has 0 aliphatic heterocycles. The average molecular weight is 524 g/mol. The normalized spacial score (nSPS) is 11.2. The van der Waals surface area contributed by atoms with Gasteiger partial charge in [-0.1, -0.05) is 40.9 Å². The summed E-state index contributed by atoms with van der Waals surface area (Å²) in [7, 11) is -3.94. The first-order valence-corrected chi connectivity index (χ1v) is 13.4. The Kier molecular flexibility index (Phi) is 9.09. The summed E-state index contributed by atoms with van der Waals surface area (Å²) in [5.41, 5.74) is 1.31. The number of rotatable bonds is 10. The monoisotopic (exact) mass is 522 g/mol. The first-order valence-electron chi connectivity index (χ1n) is 10.3. The number of hydrogen-bond acceptors (Lipinski definition) is 4. The summed E-state index contributed by atoms with van der Waals surface area (Å²) < 4.78 is 27.7. The molecule has 3 aromatic carbocycles. The number of nitrogens with zero attached hydrogens (tertiary/aromatic N) is 1. The molecule has 0 unspecified atom stereocenters. The smallest absolute Gasteiger partial charge is 0.264 e. The minimum atomic E-state index is -3.94. The van der Waals surface area contributed by atoms with E-state index < -0.39 is 10.0 Å². The van der Waals surface area contributed by atoms with Crippen molar-refractivity contribution in [3.05, 3.63) is 88.4 Å². The number of halogens is 2. The number of nitrogens with one attached hydrogen (secondary N) is 1. The van der Waals surface area contributed by atoms with E-state index in [1.807, 2.05) is 31.2 Å². The van der Waals surface area contributed by atoms with Crippen LogP contribution in [0.5, 0.6) is 0 Å². The number of anilines is 1. The Labute approximate surface area is 209 Å². The number of sulfonamides is 1. The lowest BCUT2D eigenvalue weighted by atomic mass is 10.2. The van der Waals surface area contributed by atoms with Crippen LogP contribution in [0, 0.1) is 6.92 Å². The first-order chi connectivity index (χ1) is 15.8. The van der Waals surface area contributed by atoms with E-state index in [9.17, 15) is 13.2 Å². The molecule has 0 saturated carbocycles. The van der Waals surface area contributed by atoms with Gasteiger partial charge in [0.25, 0.3) is 10.0 Å². The number of benzene rings is 3. The van der Waals surface area contributed by atoms with Crippen LogP contribution in [-0.4, -0.2) is 33.2 Å². The number of thioether (sulfide) groups is 1. The van der Waals surface area contributed by atoms with Crippen molar-refractivity contribution in [2.45, 2.75) is 23.1 Å². The van der Waals surface area contributed by atoms with Gasteiger partial charge in [0.2, 0.25) is 5.91 Å². The molecule has 0 aromatic heterocycles. The van der Waals surface area contributed by atoms with E-state index in [-0.39, 0.29) is 17.3 Å². The fourth-order valence-electron chi connectivity index (χ4n) is 2.97. The van der Waals surface area contributed by atoms with E-state index in [4.69, 9.17) is 23.2 Å². The maximum atomic E-state index is 13.3. The number of amides is 1. The van der Waals surface area contributed by atoms with E-state index in [0.717, 1.165) is 26.9 Å². The molecule has 0 radical (unpaired) electrons. The third kappa shape index (κ3) is 7.40. The van der Waals surface area contributed by atoms with Crippen molar-refractivity contribution in [2.24, 2.45) is 0 Å². The van der Waals surface area contributed by atoms with E-state index in [0.29, 0.717) is 22.3 Å². The summed E-state index contributed by atoms with van der Waals surface area (Å²) in [4.78, 5) is 13.9. The topological polar surface area (TPSA) is 66.5 Å². The molecule has 1 N–H and O–H groups in total. The van der Waals surface area contributed by atoms with Gasteiger partial charge >= 0.3 is 0 Å². The van der Waals surface area contributed by atoms with Gasteiger partial charge in [-0.3, -0.25) is 9.10 Å². The molecule has 5 nitrogen and oxygen atoms in total. The third-order valence-corrected chi connectivity index (χ3v) is 8.13. The molecule has 33 heavy (non-hydrogen) atoms. The van der Waals surface area contributed by atoms with Crippen molar-refractivity contribution < 1.29 is 13.2 Å². The zero-order valence-corrected chi connectivity index (χ0v) is 21.1. The van der Waals surface area contributed by atoms with Gasteiger partial charge in [-0.2, -0.15) is 0 Å². The molecular formula is C24H24Cl2N2O3S2. The molecule has 0 saturated heterocycles. The Morgan fingerprint density at radius 1 is 0.909 bits per heavy atom. The summed E-state index contributed by atoms with van der Waals surface area (Å²) in [6, 6.07) is 20.5. The molecule has 1 amide bonds. The van der Waals surface area contributed by atoms with Crippen LogP contribution in [0.3, 0.4) is 0 Å². The van der Waals surface area contributed by atoms with E-state index in [1.54, 1.807) is 60.3 Å². The Morgan fingerprint density at radius 2 is 1.48 bits per heavy atom. The van der Waals surface area contributed by atoms with Crippen molar-refractivity contribution >= 4 is 56.6 Å². The second-order valence-electron chi connectivity index (χ2n) is 7.31. The summed E-state index contributed by atoms with van der Waals surface area (Å²) >= 11 is 13.5. The minimum Gasteiger partial charge on any atom is -0.354 e. The summed E-state index contributed by atoms with van der Waals surface area (Å²) in [6.07, 6.45) is 0.741. The van der Waals surface area contributed by atoms with Crippen molar-refractivity contribution in [1.82, 2.24) is 5.32 Å². The molecule has 0 heterocycles. The fourth-order valence-corrected chi connectivity index (χ4v) is 5.49. The Morgan fingerprint density at radius 3 is 2.09 bits per heavy atom. The van der Waals surface area contributed by atoms with Crippen molar-refractivity contribution in [2.75, 3.05) is 23.1 Å². The van der Waals surface area contributed by atoms with Crippen LogP contribution in [0.2, 0.25) is 10.0 Å². The predicted octanol–water partition coefficient (Wildman–Crippen LogP) is 5.80. The third-order valence-electron chi connectivity index (χ3n) is 4.74. The minimum absolute atomic E-state index is 0.121. The summed E-state index contributed by atoms with van der Waals surface area (Å²) in [5.74, 6) is 0.432. The molecule has 9 heteroatoms. The van der Waals surface area contributed by atoms with Crippen LogP contribution < -0.4 is 9.62 Å². The fraction of sp³-hybridized carbons (Fsp3) is 0.208. The van der Waals surface area contributed by atoms with Gasteiger partial charge in [0.05, 0.1) is 10.6 Å². The maximum Gasteiger partial charge on any atom is 0.264 e. The van der Waals surface area contributed by atoms with E-state index >= 15 is 0 Å². The van der Waals surface area contributed by atoms with E-state index in [1.165, 1.54) is 0 Å². The largest absolute Gasteiger partial charge is 0.354 e. The van der Waals surface area contributed by atoms with Gasteiger partial charge in [0.15, 0.2) is 0 Å². The van der Waals surface area contributed by atoms with Gasteiger partial charge in [-0.25, -0.2) is 8.42 Å². The maximum absolute atomic E-state index is 13.3. The molecule has 3 rings (SSSR count). The lowest BCUT2D eigenvalue weighted by Crippen LogP contribution is -2.41. The molecule has 0 fully saturated rings. The average Bonchev–Trinajstić information content (AvgIpc) is 2.79. The van der Waals surface area contributed by atoms with Crippen molar-refractivity contribution in [3.63, 3.8) is 0 Å². The quantitative estimate of drug-likeness (QED) is 0.270. The van der Waals surface area contributed by atoms with Gasteiger partial charge in [-0.05, 0) is 79.8 Å². The highest BCUT2D eigenvalue weighted by Crippen LogP contribution is 2.25. The molecular weight excluding hydrogens is 499 g/mol. The van der Waals surface area contributed by atoms with Crippen molar-refractivity contribution in [3.8, 4) is 0 Å². The molecule has 0 aliphatic carbocycles. The highest BCUT2D eigenvalue weighted by Gasteiger charge is 2.27. The zero-order valence-electron chi connectivity index (χ0n) is 18.0. The Bertz CT molecular complexity index is 1170. The van der Waals surface area contributed by atoms with Gasteiger partial charge < -0.3 is 5.32 Å². The second kappa shape index (κ2) is 11.8. The SMILES string of the molecule is Cc1ccc(S(=O)(=O)N(CC(=O)NCCCSc2ccc(Cl)cc2)c2ccc(Cl)cc2)cc1. The Balaban J connectivity index is 1.63. The molecule has 174 valence electrons. The van der Waals surface area contributed by atoms with Crippen LogP contribution in [0.4, 0.5) is 5.69 Å².